The molecular formula is C20H13F2N3O2. The largest absolute Gasteiger partial charge is 0.463 e. The van der Waals surface area contributed by atoms with Crippen LogP contribution in [0.3, 0.4) is 0 Å². The van der Waals surface area contributed by atoms with Gasteiger partial charge in [-0.1, -0.05) is 30.3 Å². The lowest BCUT2D eigenvalue weighted by Gasteiger charge is -2.08. The molecule has 134 valence electrons. The Morgan fingerprint density at radius 2 is 1.74 bits per heavy atom. The van der Waals surface area contributed by atoms with Crippen LogP contribution in [0, 0.1) is 11.6 Å². The van der Waals surface area contributed by atoms with Gasteiger partial charge in [-0.2, -0.15) is 5.10 Å². The van der Waals surface area contributed by atoms with Crippen LogP contribution in [0.2, 0.25) is 0 Å². The normalized spacial score (nSPS) is 10.7. The van der Waals surface area contributed by atoms with Crippen molar-refractivity contribution in [3.05, 3.63) is 84.1 Å². The van der Waals surface area contributed by atoms with Crippen molar-refractivity contribution in [2.75, 3.05) is 5.32 Å². The number of nitrogens with one attached hydrogen (secondary N) is 2. The number of hydrogen-bond acceptors (Lipinski definition) is 3. The van der Waals surface area contributed by atoms with Gasteiger partial charge in [-0.05, 0) is 24.3 Å². The Morgan fingerprint density at radius 1 is 1.00 bits per heavy atom. The summed E-state index contributed by atoms with van der Waals surface area (Å²) < 4.78 is 32.3. The molecule has 0 atom stereocenters. The number of aromatic amines is 1. The molecule has 4 rings (SSSR count). The number of halogens is 2. The zero-order chi connectivity index (χ0) is 18.8. The molecule has 4 aromatic rings. The van der Waals surface area contributed by atoms with E-state index in [2.05, 4.69) is 15.5 Å². The quantitative estimate of drug-likeness (QED) is 0.542. The van der Waals surface area contributed by atoms with Crippen LogP contribution in [0.4, 0.5) is 14.5 Å². The van der Waals surface area contributed by atoms with E-state index in [1.165, 1.54) is 6.26 Å². The highest BCUT2D eigenvalue weighted by Crippen LogP contribution is 2.35. The van der Waals surface area contributed by atoms with Gasteiger partial charge in [-0.15, -0.1) is 0 Å². The molecule has 2 N–H and O–H groups in total. The highest BCUT2D eigenvalue weighted by atomic mass is 19.1. The summed E-state index contributed by atoms with van der Waals surface area (Å²) in [5.41, 5.74) is 1.90. The fraction of sp³-hybridized carbons (Fsp3) is 0. The van der Waals surface area contributed by atoms with E-state index in [9.17, 15) is 13.6 Å². The third-order valence-corrected chi connectivity index (χ3v) is 3.94. The molecule has 0 radical (unpaired) electrons. The highest BCUT2D eigenvalue weighted by Gasteiger charge is 2.21. The van der Waals surface area contributed by atoms with Gasteiger partial charge in [-0.25, -0.2) is 8.78 Å². The van der Waals surface area contributed by atoms with Crippen molar-refractivity contribution in [3.63, 3.8) is 0 Å². The smallest absolute Gasteiger partial charge is 0.255 e. The minimum Gasteiger partial charge on any atom is -0.463 e. The second-order valence-corrected chi connectivity index (χ2v) is 5.78. The second-order valence-electron chi connectivity index (χ2n) is 5.78. The zero-order valence-corrected chi connectivity index (χ0v) is 13.9. The molecule has 27 heavy (non-hydrogen) atoms. The van der Waals surface area contributed by atoms with Gasteiger partial charge in [0, 0.05) is 17.2 Å². The lowest BCUT2D eigenvalue weighted by molar-refractivity contribution is 0.102. The third kappa shape index (κ3) is 3.35. The van der Waals surface area contributed by atoms with Crippen LogP contribution in [0.1, 0.15) is 10.4 Å². The Labute approximate surface area is 152 Å². The number of carbonyl (C=O) groups is 1. The van der Waals surface area contributed by atoms with Crippen molar-refractivity contribution in [1.29, 1.82) is 0 Å². The number of anilines is 1. The van der Waals surface area contributed by atoms with E-state index in [1.54, 1.807) is 12.1 Å². The maximum atomic E-state index is 13.5. The Kier molecular flexibility index (Phi) is 4.25. The van der Waals surface area contributed by atoms with Crippen molar-refractivity contribution < 1.29 is 18.0 Å². The van der Waals surface area contributed by atoms with Crippen molar-refractivity contribution >= 4 is 11.6 Å². The van der Waals surface area contributed by atoms with Gasteiger partial charge in [0.2, 0.25) is 0 Å². The summed E-state index contributed by atoms with van der Waals surface area (Å²) in [6, 6.07) is 15.2. The summed E-state index contributed by atoms with van der Waals surface area (Å²) in [4.78, 5) is 12.6. The van der Waals surface area contributed by atoms with Crippen molar-refractivity contribution in [3.8, 4) is 22.7 Å². The van der Waals surface area contributed by atoms with E-state index >= 15 is 0 Å². The number of rotatable bonds is 4. The number of amides is 1. The summed E-state index contributed by atoms with van der Waals surface area (Å²) in [5, 5.41) is 9.82. The van der Waals surface area contributed by atoms with E-state index in [1.807, 2.05) is 30.3 Å². The second kappa shape index (κ2) is 6.87. The molecule has 7 heteroatoms. The molecule has 0 spiro atoms. The standard InChI is InChI=1S/C20H13F2N3O2/c21-14-9-13(10-15(22)11-14)20(26)23-19-17(12-5-2-1-3-6-12)24-25-18(19)16-7-4-8-27-16/h1-11H,(H,23,26)(H,24,25). The molecular weight excluding hydrogens is 352 g/mol. The third-order valence-electron chi connectivity index (χ3n) is 3.94. The molecule has 2 aromatic carbocycles. The highest BCUT2D eigenvalue weighted by molar-refractivity contribution is 6.08. The average Bonchev–Trinajstić information content (AvgIpc) is 3.31. The summed E-state index contributed by atoms with van der Waals surface area (Å²) >= 11 is 0. The van der Waals surface area contributed by atoms with Gasteiger partial charge in [0.15, 0.2) is 5.76 Å². The SMILES string of the molecule is O=C(Nc1c(-c2ccccc2)n[nH]c1-c1ccco1)c1cc(F)cc(F)c1. The molecule has 0 aliphatic rings. The molecule has 2 aromatic heterocycles. The topological polar surface area (TPSA) is 70.9 Å². The van der Waals surface area contributed by atoms with Gasteiger partial charge in [-0.3, -0.25) is 9.89 Å². The van der Waals surface area contributed by atoms with Gasteiger partial charge < -0.3 is 9.73 Å². The van der Waals surface area contributed by atoms with Gasteiger partial charge >= 0.3 is 0 Å². The van der Waals surface area contributed by atoms with Crippen molar-refractivity contribution in [2.45, 2.75) is 0 Å². The summed E-state index contributed by atoms with van der Waals surface area (Å²) in [6.07, 6.45) is 1.49. The van der Waals surface area contributed by atoms with Crippen LogP contribution in [0.5, 0.6) is 0 Å². The molecule has 0 aliphatic heterocycles. The van der Waals surface area contributed by atoms with E-state index < -0.39 is 17.5 Å². The van der Waals surface area contributed by atoms with Crippen LogP contribution < -0.4 is 5.32 Å². The van der Waals surface area contributed by atoms with Crippen LogP contribution in [0.15, 0.2) is 71.3 Å². The molecule has 0 aliphatic carbocycles. The van der Waals surface area contributed by atoms with Crippen molar-refractivity contribution in [2.24, 2.45) is 0 Å². The van der Waals surface area contributed by atoms with Crippen LogP contribution in [0.25, 0.3) is 22.7 Å². The van der Waals surface area contributed by atoms with E-state index in [4.69, 9.17) is 4.42 Å². The van der Waals surface area contributed by atoms with Gasteiger partial charge in [0.1, 0.15) is 23.0 Å². The minimum absolute atomic E-state index is 0.141. The number of nitrogens with zero attached hydrogens (tertiary/aromatic N) is 1. The predicted molar refractivity (Wildman–Crippen MR) is 96.0 cm³/mol. The molecule has 0 fully saturated rings. The average molecular weight is 365 g/mol. The fourth-order valence-corrected chi connectivity index (χ4v) is 2.74. The Morgan fingerprint density at radius 3 is 2.41 bits per heavy atom. The summed E-state index contributed by atoms with van der Waals surface area (Å²) in [5.74, 6) is -1.87. The Hall–Kier alpha value is -3.74. The first-order valence-electron chi connectivity index (χ1n) is 8.07. The Balaban J connectivity index is 1.78. The van der Waals surface area contributed by atoms with Crippen LogP contribution in [-0.2, 0) is 0 Å². The molecule has 0 saturated heterocycles. The molecule has 5 nitrogen and oxygen atoms in total. The first-order valence-corrected chi connectivity index (χ1v) is 8.07. The number of H-pyrrole nitrogens is 1. The first kappa shape index (κ1) is 16.7. The zero-order valence-electron chi connectivity index (χ0n) is 13.9. The van der Waals surface area contributed by atoms with Gasteiger partial charge in [0.05, 0.1) is 12.0 Å². The summed E-state index contributed by atoms with van der Waals surface area (Å²) in [7, 11) is 0. The van der Waals surface area contributed by atoms with Crippen molar-refractivity contribution in [1.82, 2.24) is 10.2 Å². The number of hydrogen-bond donors (Lipinski definition) is 2. The fourth-order valence-electron chi connectivity index (χ4n) is 2.74. The van der Waals surface area contributed by atoms with E-state index in [-0.39, 0.29) is 5.56 Å². The molecule has 0 unspecified atom stereocenters. The number of carbonyl (C=O) groups excluding carboxylic acids is 1. The van der Waals surface area contributed by atoms with Gasteiger partial charge in [0.25, 0.3) is 5.91 Å². The maximum absolute atomic E-state index is 13.5. The lowest BCUT2D eigenvalue weighted by Crippen LogP contribution is -2.13. The molecule has 1 amide bonds. The predicted octanol–water partition coefficient (Wildman–Crippen LogP) is 4.87. The van der Waals surface area contributed by atoms with E-state index in [0.717, 1.165) is 17.7 Å². The first-order chi connectivity index (χ1) is 13.1. The number of furan rings is 1. The van der Waals surface area contributed by atoms with Crippen LogP contribution in [-0.4, -0.2) is 16.1 Å². The number of aromatic nitrogens is 2. The number of benzene rings is 2. The minimum atomic E-state index is -0.832. The molecule has 0 saturated carbocycles. The van der Waals surface area contributed by atoms with Crippen LogP contribution >= 0.6 is 0 Å². The monoisotopic (exact) mass is 365 g/mol. The lowest BCUT2D eigenvalue weighted by atomic mass is 10.1. The molecule has 0 bridgehead atoms. The summed E-state index contributed by atoms with van der Waals surface area (Å²) in [6.45, 7) is 0. The maximum Gasteiger partial charge on any atom is 0.255 e. The molecule has 2 heterocycles. The van der Waals surface area contributed by atoms with E-state index in [0.29, 0.717) is 28.9 Å². The Bertz CT molecular complexity index is 1070.